The first-order chi connectivity index (χ1) is 9.45. The van der Waals surface area contributed by atoms with Gasteiger partial charge in [-0.3, -0.25) is 9.59 Å². The summed E-state index contributed by atoms with van der Waals surface area (Å²) < 4.78 is 0. The molecule has 0 aliphatic rings. The molecule has 1 aromatic rings. The second-order valence-electron chi connectivity index (χ2n) is 4.93. The minimum absolute atomic E-state index is 0. The van der Waals surface area contributed by atoms with E-state index in [9.17, 15) is 9.59 Å². The summed E-state index contributed by atoms with van der Waals surface area (Å²) >= 11 is 0. The highest BCUT2D eigenvalue weighted by molar-refractivity contribution is 5.96. The van der Waals surface area contributed by atoms with Gasteiger partial charge in [0, 0.05) is 5.69 Å². The maximum atomic E-state index is 11.8. The molecular formula is C15H24ClN3O2. The predicted molar refractivity (Wildman–Crippen MR) is 87.7 cm³/mol. The maximum absolute atomic E-state index is 11.8. The number of hydrogen-bond acceptors (Lipinski definition) is 3. The Labute approximate surface area is 132 Å². The Morgan fingerprint density at radius 3 is 2.33 bits per heavy atom. The number of carbonyl (C=O) groups is 2. The zero-order chi connectivity index (χ0) is 15.1. The van der Waals surface area contributed by atoms with Crippen LogP contribution < -0.4 is 16.4 Å². The van der Waals surface area contributed by atoms with E-state index in [2.05, 4.69) is 10.6 Å². The number of para-hydroxylation sites is 1. The summed E-state index contributed by atoms with van der Waals surface area (Å²) in [6.45, 7) is 5.75. The van der Waals surface area contributed by atoms with Crippen molar-refractivity contribution < 1.29 is 9.59 Å². The molecule has 0 bridgehead atoms. The molecule has 118 valence electrons. The Kier molecular flexibility index (Phi) is 8.66. The third-order valence-corrected chi connectivity index (χ3v) is 3.11. The van der Waals surface area contributed by atoms with Crippen LogP contribution in [0.3, 0.4) is 0 Å². The Hall–Kier alpha value is -1.59. The van der Waals surface area contributed by atoms with Gasteiger partial charge in [-0.05, 0) is 31.4 Å². The Morgan fingerprint density at radius 1 is 1.24 bits per heavy atom. The minimum atomic E-state index is -0.548. The van der Waals surface area contributed by atoms with Gasteiger partial charge in [-0.2, -0.15) is 0 Å². The SMILES string of the molecule is CCCC(N)C(=O)NCC(=O)Nc1c(C)cccc1C.Cl. The first kappa shape index (κ1) is 19.4. The highest BCUT2D eigenvalue weighted by Gasteiger charge is 2.13. The molecule has 0 saturated heterocycles. The molecule has 1 atom stereocenters. The van der Waals surface area contributed by atoms with E-state index in [1.807, 2.05) is 39.0 Å². The van der Waals surface area contributed by atoms with Gasteiger partial charge in [-0.15, -0.1) is 12.4 Å². The lowest BCUT2D eigenvalue weighted by molar-refractivity contribution is -0.125. The van der Waals surface area contributed by atoms with Crippen molar-refractivity contribution in [3.05, 3.63) is 29.3 Å². The molecule has 0 radical (unpaired) electrons. The van der Waals surface area contributed by atoms with Crippen molar-refractivity contribution in [2.24, 2.45) is 5.73 Å². The molecule has 0 heterocycles. The van der Waals surface area contributed by atoms with Gasteiger partial charge in [0.2, 0.25) is 11.8 Å². The fraction of sp³-hybridized carbons (Fsp3) is 0.467. The van der Waals surface area contributed by atoms with Crippen LogP contribution in [-0.2, 0) is 9.59 Å². The Morgan fingerprint density at radius 2 is 1.81 bits per heavy atom. The molecular weight excluding hydrogens is 290 g/mol. The zero-order valence-electron chi connectivity index (χ0n) is 12.7. The number of halogens is 1. The Bertz CT molecular complexity index is 472. The number of carbonyl (C=O) groups excluding carboxylic acids is 2. The number of hydrogen-bond donors (Lipinski definition) is 3. The molecule has 2 amide bonds. The van der Waals surface area contributed by atoms with Crippen molar-refractivity contribution in [1.82, 2.24) is 5.32 Å². The molecule has 21 heavy (non-hydrogen) atoms. The predicted octanol–water partition coefficient (Wildman–Crippen LogP) is 1.91. The number of amides is 2. The molecule has 0 spiro atoms. The van der Waals surface area contributed by atoms with Crippen molar-refractivity contribution in [2.45, 2.75) is 39.7 Å². The van der Waals surface area contributed by atoms with Crippen molar-refractivity contribution in [3.63, 3.8) is 0 Å². The van der Waals surface area contributed by atoms with Crippen LogP contribution in [0.5, 0.6) is 0 Å². The van der Waals surface area contributed by atoms with E-state index in [0.717, 1.165) is 23.2 Å². The van der Waals surface area contributed by atoms with Crippen LogP contribution in [0.25, 0.3) is 0 Å². The largest absolute Gasteiger partial charge is 0.346 e. The third kappa shape index (κ3) is 6.14. The van der Waals surface area contributed by atoms with E-state index in [0.29, 0.717) is 6.42 Å². The van der Waals surface area contributed by atoms with Gasteiger partial charge in [0.15, 0.2) is 0 Å². The summed E-state index contributed by atoms with van der Waals surface area (Å²) in [5, 5.41) is 5.36. The van der Waals surface area contributed by atoms with Gasteiger partial charge >= 0.3 is 0 Å². The molecule has 6 heteroatoms. The first-order valence-electron chi connectivity index (χ1n) is 6.85. The summed E-state index contributed by atoms with van der Waals surface area (Å²) in [5.41, 5.74) is 8.45. The number of nitrogens with two attached hydrogens (primary N) is 1. The van der Waals surface area contributed by atoms with E-state index in [1.165, 1.54) is 0 Å². The summed E-state index contributed by atoms with van der Waals surface area (Å²) in [7, 11) is 0. The topological polar surface area (TPSA) is 84.2 Å². The third-order valence-electron chi connectivity index (χ3n) is 3.11. The van der Waals surface area contributed by atoms with Crippen molar-refractivity contribution in [1.29, 1.82) is 0 Å². The molecule has 0 aromatic heterocycles. The van der Waals surface area contributed by atoms with Crippen LogP contribution >= 0.6 is 12.4 Å². The van der Waals surface area contributed by atoms with Gasteiger partial charge in [0.25, 0.3) is 0 Å². The quantitative estimate of drug-likeness (QED) is 0.750. The van der Waals surface area contributed by atoms with Crippen LogP contribution in [0.15, 0.2) is 18.2 Å². The summed E-state index contributed by atoms with van der Waals surface area (Å²) in [4.78, 5) is 23.4. The zero-order valence-corrected chi connectivity index (χ0v) is 13.5. The molecule has 1 rings (SSSR count). The average Bonchev–Trinajstić information content (AvgIpc) is 2.40. The second kappa shape index (κ2) is 9.37. The van der Waals surface area contributed by atoms with Crippen molar-refractivity contribution in [3.8, 4) is 0 Å². The minimum Gasteiger partial charge on any atom is -0.346 e. The van der Waals surface area contributed by atoms with E-state index in [4.69, 9.17) is 5.73 Å². The van der Waals surface area contributed by atoms with Crippen molar-refractivity contribution in [2.75, 3.05) is 11.9 Å². The van der Waals surface area contributed by atoms with Crippen molar-refractivity contribution >= 4 is 29.9 Å². The lowest BCUT2D eigenvalue weighted by Crippen LogP contribution is -2.43. The highest BCUT2D eigenvalue weighted by Crippen LogP contribution is 2.18. The normalized spacial score (nSPS) is 11.2. The average molecular weight is 314 g/mol. The van der Waals surface area contributed by atoms with E-state index in [-0.39, 0.29) is 30.8 Å². The fourth-order valence-corrected chi connectivity index (χ4v) is 1.94. The number of benzene rings is 1. The molecule has 0 aliphatic carbocycles. The molecule has 0 fully saturated rings. The van der Waals surface area contributed by atoms with Gasteiger partial charge in [0.1, 0.15) is 0 Å². The summed E-state index contributed by atoms with van der Waals surface area (Å²) in [6, 6.07) is 5.25. The van der Waals surface area contributed by atoms with Crippen LogP contribution in [0.1, 0.15) is 30.9 Å². The smallest absolute Gasteiger partial charge is 0.243 e. The maximum Gasteiger partial charge on any atom is 0.243 e. The van der Waals surface area contributed by atoms with Crippen LogP contribution in [0.4, 0.5) is 5.69 Å². The van der Waals surface area contributed by atoms with Gasteiger partial charge in [0.05, 0.1) is 12.6 Å². The lowest BCUT2D eigenvalue weighted by atomic mass is 10.1. The number of aryl methyl sites for hydroxylation is 2. The fourth-order valence-electron chi connectivity index (χ4n) is 1.94. The van der Waals surface area contributed by atoms with Gasteiger partial charge in [-0.1, -0.05) is 31.5 Å². The molecule has 4 N–H and O–H groups in total. The van der Waals surface area contributed by atoms with E-state index >= 15 is 0 Å². The number of anilines is 1. The van der Waals surface area contributed by atoms with Gasteiger partial charge in [-0.25, -0.2) is 0 Å². The number of nitrogens with one attached hydrogen (secondary N) is 2. The summed E-state index contributed by atoms with van der Waals surface area (Å²) in [5.74, 6) is -0.539. The highest BCUT2D eigenvalue weighted by atomic mass is 35.5. The second-order valence-corrected chi connectivity index (χ2v) is 4.93. The molecule has 0 saturated carbocycles. The van der Waals surface area contributed by atoms with Gasteiger partial charge < -0.3 is 16.4 Å². The summed E-state index contributed by atoms with van der Waals surface area (Å²) in [6.07, 6.45) is 1.45. The van der Waals surface area contributed by atoms with E-state index in [1.54, 1.807) is 0 Å². The lowest BCUT2D eigenvalue weighted by Gasteiger charge is -2.13. The standard InChI is InChI=1S/C15H23N3O2.ClH/c1-4-6-12(16)15(20)17-9-13(19)18-14-10(2)7-5-8-11(14)3;/h5,7-8,12H,4,6,9,16H2,1-3H3,(H,17,20)(H,18,19);1H. The van der Waals surface area contributed by atoms with Crippen LogP contribution in [0.2, 0.25) is 0 Å². The molecule has 0 aliphatic heterocycles. The molecule has 5 nitrogen and oxygen atoms in total. The number of rotatable bonds is 6. The molecule has 1 aromatic carbocycles. The monoisotopic (exact) mass is 313 g/mol. The Balaban J connectivity index is 0.00000400. The molecule has 1 unspecified atom stereocenters. The van der Waals surface area contributed by atoms with Crippen LogP contribution in [-0.4, -0.2) is 24.4 Å². The van der Waals surface area contributed by atoms with E-state index < -0.39 is 6.04 Å². The first-order valence-corrected chi connectivity index (χ1v) is 6.85. The van der Waals surface area contributed by atoms with Crippen LogP contribution in [0, 0.1) is 13.8 Å².